The van der Waals surface area contributed by atoms with Crippen molar-refractivity contribution in [3.63, 3.8) is 0 Å². The maximum atomic E-state index is 4.54. The van der Waals surface area contributed by atoms with Gasteiger partial charge in [-0.25, -0.2) is 9.97 Å². The van der Waals surface area contributed by atoms with Crippen LogP contribution in [0.5, 0.6) is 0 Å². The number of fused-ring (bicyclic) bond motifs is 1. The van der Waals surface area contributed by atoms with Crippen molar-refractivity contribution in [2.24, 2.45) is 0 Å². The van der Waals surface area contributed by atoms with Crippen LogP contribution in [0.4, 0.5) is 5.69 Å². The van der Waals surface area contributed by atoms with Crippen LogP contribution in [0.1, 0.15) is 5.56 Å². The Morgan fingerprint density at radius 3 is 2.91 bits per heavy atom. The molecule has 5 heteroatoms. The first-order chi connectivity index (χ1) is 11.2. The van der Waals surface area contributed by atoms with Gasteiger partial charge in [-0.1, -0.05) is 6.07 Å². The zero-order valence-electron chi connectivity index (χ0n) is 13.0. The highest BCUT2D eigenvalue weighted by atomic mass is 15.0. The van der Waals surface area contributed by atoms with Crippen LogP contribution in [0.25, 0.3) is 28.0 Å². The Kier molecular flexibility index (Phi) is 3.12. The fraction of sp³-hybridized carbons (Fsp3) is 0.111. The van der Waals surface area contributed by atoms with Crippen molar-refractivity contribution in [2.75, 3.05) is 12.4 Å². The fourth-order valence-corrected chi connectivity index (χ4v) is 2.73. The molecule has 3 heterocycles. The van der Waals surface area contributed by atoms with E-state index in [9.17, 15) is 0 Å². The van der Waals surface area contributed by atoms with Gasteiger partial charge in [0.1, 0.15) is 5.65 Å². The van der Waals surface area contributed by atoms with Crippen molar-refractivity contribution in [1.82, 2.24) is 19.5 Å². The van der Waals surface area contributed by atoms with Gasteiger partial charge in [0.2, 0.25) is 0 Å². The number of benzene rings is 1. The van der Waals surface area contributed by atoms with Crippen molar-refractivity contribution in [3.05, 3.63) is 60.8 Å². The summed E-state index contributed by atoms with van der Waals surface area (Å²) in [6.45, 7) is 2.10. The lowest BCUT2D eigenvalue weighted by molar-refractivity contribution is 1.04. The second-order valence-corrected chi connectivity index (χ2v) is 5.56. The standard InChI is InChI=1S/C18H17N5/c1-12-3-4-15(19-2)8-17(12)23-10-16(22-11-23)14-7-13-5-6-20-18(13)21-9-14/h3-11,19H,1-2H3,(H,20,21). The van der Waals surface area contributed by atoms with E-state index in [2.05, 4.69) is 51.5 Å². The van der Waals surface area contributed by atoms with E-state index in [1.807, 2.05) is 42.6 Å². The molecule has 4 rings (SSSR count). The molecule has 0 amide bonds. The van der Waals surface area contributed by atoms with Crippen LogP contribution in [0, 0.1) is 6.92 Å². The summed E-state index contributed by atoms with van der Waals surface area (Å²) in [6.07, 6.45) is 7.63. The second-order valence-electron chi connectivity index (χ2n) is 5.56. The molecule has 0 radical (unpaired) electrons. The molecule has 1 aromatic carbocycles. The van der Waals surface area contributed by atoms with Gasteiger partial charge < -0.3 is 14.9 Å². The van der Waals surface area contributed by atoms with E-state index in [0.717, 1.165) is 33.7 Å². The Bertz CT molecular complexity index is 980. The Morgan fingerprint density at radius 1 is 1.13 bits per heavy atom. The molecule has 0 bridgehead atoms. The topological polar surface area (TPSA) is 58.5 Å². The second kappa shape index (κ2) is 5.28. The average Bonchev–Trinajstić information content (AvgIpc) is 3.23. The SMILES string of the molecule is CNc1ccc(C)c(-n2cnc(-c3cnc4[nH]ccc4c3)c2)c1. The molecule has 4 aromatic rings. The molecule has 0 saturated heterocycles. The number of hydrogen-bond donors (Lipinski definition) is 2. The maximum absolute atomic E-state index is 4.54. The van der Waals surface area contributed by atoms with Crippen LogP contribution >= 0.6 is 0 Å². The number of pyridine rings is 1. The van der Waals surface area contributed by atoms with Gasteiger partial charge in [0, 0.05) is 42.3 Å². The Balaban J connectivity index is 1.76. The van der Waals surface area contributed by atoms with E-state index in [4.69, 9.17) is 0 Å². The molecule has 5 nitrogen and oxygen atoms in total. The number of imidazole rings is 1. The highest BCUT2D eigenvalue weighted by molar-refractivity contribution is 5.80. The average molecular weight is 303 g/mol. The van der Waals surface area contributed by atoms with Crippen LogP contribution in [0.3, 0.4) is 0 Å². The molecule has 0 fully saturated rings. The lowest BCUT2D eigenvalue weighted by atomic mass is 10.1. The number of anilines is 1. The fourth-order valence-electron chi connectivity index (χ4n) is 2.73. The van der Waals surface area contributed by atoms with Gasteiger partial charge in [0.15, 0.2) is 0 Å². The van der Waals surface area contributed by atoms with Gasteiger partial charge in [0.25, 0.3) is 0 Å². The lowest BCUT2D eigenvalue weighted by Gasteiger charge is -2.09. The minimum Gasteiger partial charge on any atom is -0.388 e. The number of aromatic nitrogens is 4. The van der Waals surface area contributed by atoms with Crippen LogP contribution in [0.2, 0.25) is 0 Å². The molecular weight excluding hydrogens is 286 g/mol. The zero-order valence-corrected chi connectivity index (χ0v) is 13.0. The molecule has 23 heavy (non-hydrogen) atoms. The number of hydrogen-bond acceptors (Lipinski definition) is 3. The number of aromatic amines is 1. The van der Waals surface area contributed by atoms with Crippen molar-refractivity contribution >= 4 is 16.7 Å². The summed E-state index contributed by atoms with van der Waals surface area (Å²) < 4.78 is 2.05. The number of nitrogens with one attached hydrogen (secondary N) is 2. The summed E-state index contributed by atoms with van der Waals surface area (Å²) >= 11 is 0. The predicted molar refractivity (Wildman–Crippen MR) is 92.9 cm³/mol. The quantitative estimate of drug-likeness (QED) is 0.606. The molecule has 0 aliphatic carbocycles. The molecule has 2 N–H and O–H groups in total. The summed E-state index contributed by atoms with van der Waals surface area (Å²) in [5.41, 5.74) is 6.22. The van der Waals surface area contributed by atoms with E-state index in [-0.39, 0.29) is 0 Å². The summed E-state index contributed by atoms with van der Waals surface area (Å²) in [7, 11) is 1.92. The summed E-state index contributed by atoms with van der Waals surface area (Å²) in [5, 5.41) is 4.26. The van der Waals surface area contributed by atoms with Gasteiger partial charge >= 0.3 is 0 Å². The number of H-pyrrole nitrogens is 1. The predicted octanol–water partition coefficient (Wildman–Crippen LogP) is 3.77. The van der Waals surface area contributed by atoms with E-state index >= 15 is 0 Å². The molecular formula is C18H17N5. The van der Waals surface area contributed by atoms with Crippen LogP contribution in [0.15, 0.2) is 55.2 Å². The maximum Gasteiger partial charge on any atom is 0.137 e. The van der Waals surface area contributed by atoms with E-state index in [1.54, 1.807) is 0 Å². The summed E-state index contributed by atoms with van der Waals surface area (Å²) in [5.74, 6) is 0. The lowest BCUT2D eigenvalue weighted by Crippen LogP contribution is -1.96. The Hall–Kier alpha value is -3.08. The highest BCUT2D eigenvalue weighted by Gasteiger charge is 2.08. The van der Waals surface area contributed by atoms with Crippen molar-refractivity contribution in [1.29, 1.82) is 0 Å². The largest absolute Gasteiger partial charge is 0.388 e. The monoisotopic (exact) mass is 303 g/mol. The minimum atomic E-state index is 0.894. The van der Waals surface area contributed by atoms with Gasteiger partial charge in [-0.3, -0.25) is 0 Å². The summed E-state index contributed by atoms with van der Waals surface area (Å²) in [6, 6.07) is 10.4. The third-order valence-electron chi connectivity index (χ3n) is 4.05. The highest BCUT2D eigenvalue weighted by Crippen LogP contribution is 2.24. The molecule has 3 aromatic heterocycles. The molecule has 0 spiro atoms. The van der Waals surface area contributed by atoms with Crippen molar-refractivity contribution < 1.29 is 0 Å². The first-order valence-corrected chi connectivity index (χ1v) is 7.51. The van der Waals surface area contributed by atoms with Crippen LogP contribution < -0.4 is 5.32 Å². The zero-order chi connectivity index (χ0) is 15.8. The number of rotatable bonds is 3. The molecule has 0 aliphatic heterocycles. The molecule has 0 unspecified atom stereocenters. The molecule has 0 aliphatic rings. The minimum absolute atomic E-state index is 0.894. The Morgan fingerprint density at radius 2 is 2.04 bits per heavy atom. The van der Waals surface area contributed by atoms with E-state index in [0.29, 0.717) is 0 Å². The molecule has 114 valence electrons. The smallest absolute Gasteiger partial charge is 0.137 e. The molecule has 0 saturated carbocycles. The summed E-state index contributed by atoms with van der Waals surface area (Å²) in [4.78, 5) is 12.1. The Labute approximate surface area is 134 Å². The van der Waals surface area contributed by atoms with E-state index in [1.165, 1.54) is 5.56 Å². The van der Waals surface area contributed by atoms with Crippen molar-refractivity contribution in [2.45, 2.75) is 6.92 Å². The van der Waals surface area contributed by atoms with Gasteiger partial charge in [-0.15, -0.1) is 0 Å². The van der Waals surface area contributed by atoms with E-state index < -0.39 is 0 Å². The van der Waals surface area contributed by atoms with Gasteiger partial charge in [0.05, 0.1) is 17.7 Å². The third kappa shape index (κ3) is 2.36. The van der Waals surface area contributed by atoms with Gasteiger partial charge in [-0.2, -0.15) is 0 Å². The van der Waals surface area contributed by atoms with Crippen molar-refractivity contribution in [3.8, 4) is 16.9 Å². The number of nitrogens with zero attached hydrogens (tertiary/aromatic N) is 3. The number of aryl methyl sites for hydroxylation is 1. The normalized spacial score (nSPS) is 11.0. The third-order valence-corrected chi connectivity index (χ3v) is 4.05. The van der Waals surface area contributed by atoms with Crippen LogP contribution in [-0.2, 0) is 0 Å². The van der Waals surface area contributed by atoms with Crippen LogP contribution in [-0.4, -0.2) is 26.6 Å². The molecule has 0 atom stereocenters. The van der Waals surface area contributed by atoms with Gasteiger partial charge in [-0.05, 0) is 36.8 Å². The first kappa shape index (κ1) is 13.6. The first-order valence-electron chi connectivity index (χ1n) is 7.51.